The molecule has 0 atom stereocenters. The SMILES string of the molecule is CCOc1cc(N=Nc2ccc(N=Nc3cccc(S(=O)(=O)[O-])c3)c3ccc(S(=O)(=O)[O-])cc23)c2cc(S(=O)(=O)[O-])ccc2c1N=Nc1c(S(=O)(=O)O)cc2cc(NC(=O)c3cccc(N)c3)ccc2c1[O-].[Na+].[Na+].[Na+].[Na+]. The van der Waals surface area contributed by atoms with Crippen molar-refractivity contribution in [2.24, 2.45) is 30.7 Å². The van der Waals surface area contributed by atoms with Crippen LogP contribution in [0, 0.1) is 0 Å². The van der Waals surface area contributed by atoms with E-state index in [1.807, 2.05) is 0 Å². The van der Waals surface area contributed by atoms with Crippen molar-refractivity contribution in [1.82, 2.24) is 0 Å². The number of amides is 1. The zero-order valence-electron chi connectivity index (χ0n) is 40.4. The van der Waals surface area contributed by atoms with Gasteiger partial charge >= 0.3 is 118 Å². The number of anilines is 2. The van der Waals surface area contributed by atoms with Crippen LogP contribution in [0.25, 0.3) is 32.3 Å². The van der Waals surface area contributed by atoms with Crippen molar-refractivity contribution in [1.29, 1.82) is 0 Å². The minimum atomic E-state index is -5.22. The Kier molecular flexibility index (Phi) is 21.8. The van der Waals surface area contributed by atoms with E-state index in [0.717, 1.165) is 48.5 Å². The number of nitrogens with zero attached hydrogens (tertiary/aromatic N) is 6. The summed E-state index contributed by atoms with van der Waals surface area (Å²) in [5.41, 5.74) is 5.03. The Labute approximate surface area is 521 Å². The van der Waals surface area contributed by atoms with Gasteiger partial charge in [-0.05, 0) is 109 Å². The number of hydrogen-bond acceptors (Lipinski definition) is 21. The summed E-state index contributed by atoms with van der Waals surface area (Å²) in [6.45, 7) is 1.49. The number of fused-ring (bicyclic) bond motifs is 3. The predicted molar refractivity (Wildman–Crippen MR) is 254 cm³/mol. The maximum Gasteiger partial charge on any atom is 1.00 e. The van der Waals surface area contributed by atoms with Crippen molar-refractivity contribution >= 4 is 124 Å². The Morgan fingerprint density at radius 1 is 0.566 bits per heavy atom. The summed E-state index contributed by atoms with van der Waals surface area (Å²) in [6.07, 6.45) is 0. The largest absolute Gasteiger partial charge is 1.00 e. The average molecular weight is 1140 g/mol. The van der Waals surface area contributed by atoms with E-state index in [1.165, 1.54) is 66.7 Å². The number of nitrogens with one attached hydrogen (secondary N) is 1. The van der Waals surface area contributed by atoms with Gasteiger partial charge in [-0.2, -0.15) is 13.5 Å². The van der Waals surface area contributed by atoms with E-state index in [4.69, 9.17) is 10.5 Å². The molecule has 8 rings (SSSR count). The molecule has 0 radical (unpaired) electrons. The molecule has 0 aliphatic rings. The molecule has 0 fully saturated rings. The van der Waals surface area contributed by atoms with Crippen molar-refractivity contribution in [2.45, 2.75) is 26.5 Å². The van der Waals surface area contributed by atoms with Crippen LogP contribution in [0.15, 0.2) is 178 Å². The summed E-state index contributed by atoms with van der Waals surface area (Å²) < 4.78 is 150. The molecular formula is C45H30N8Na4O15S4. The van der Waals surface area contributed by atoms with Gasteiger partial charge in [-0.1, -0.05) is 36.1 Å². The van der Waals surface area contributed by atoms with Crippen LogP contribution in [0.1, 0.15) is 17.3 Å². The summed E-state index contributed by atoms with van der Waals surface area (Å²) >= 11 is 0. The zero-order chi connectivity index (χ0) is 51.9. The third-order valence-electron chi connectivity index (χ3n) is 10.5. The quantitative estimate of drug-likeness (QED) is 0.0415. The third kappa shape index (κ3) is 14.7. The number of benzene rings is 8. The second kappa shape index (κ2) is 25.8. The molecule has 23 nitrogen and oxygen atoms in total. The van der Waals surface area contributed by atoms with Gasteiger partial charge in [0, 0.05) is 44.5 Å². The van der Waals surface area contributed by atoms with Gasteiger partial charge in [0.2, 0.25) is 0 Å². The monoisotopic (exact) mass is 1140 g/mol. The van der Waals surface area contributed by atoms with E-state index < -0.39 is 77.4 Å². The zero-order valence-corrected chi connectivity index (χ0v) is 51.7. The normalized spacial score (nSPS) is 12.1. The van der Waals surface area contributed by atoms with E-state index in [-0.39, 0.29) is 203 Å². The maximum absolute atomic E-state index is 14.0. The molecule has 8 aromatic carbocycles. The van der Waals surface area contributed by atoms with Gasteiger partial charge in [-0.15, -0.1) is 25.6 Å². The fourth-order valence-electron chi connectivity index (χ4n) is 7.19. The molecule has 0 unspecified atom stereocenters. The van der Waals surface area contributed by atoms with Crippen LogP contribution in [0.4, 0.5) is 45.5 Å². The number of rotatable bonds is 14. The summed E-state index contributed by atoms with van der Waals surface area (Å²) in [6, 6.07) is 25.6. The summed E-state index contributed by atoms with van der Waals surface area (Å²) in [5.74, 6) is -1.77. The van der Waals surface area contributed by atoms with Gasteiger partial charge in [0.1, 0.15) is 46.7 Å². The van der Waals surface area contributed by atoms with Crippen molar-refractivity contribution in [3.8, 4) is 11.5 Å². The Balaban J connectivity index is 0.00000312. The number of nitrogen functional groups attached to an aromatic ring is 1. The van der Waals surface area contributed by atoms with Crippen LogP contribution < -0.4 is 139 Å². The maximum atomic E-state index is 14.0. The van der Waals surface area contributed by atoms with Crippen LogP contribution >= 0.6 is 0 Å². The number of hydrogen-bond donors (Lipinski definition) is 3. The van der Waals surface area contributed by atoms with E-state index in [2.05, 4.69) is 36.0 Å². The van der Waals surface area contributed by atoms with Crippen LogP contribution in [-0.2, 0) is 40.5 Å². The molecule has 0 heterocycles. The van der Waals surface area contributed by atoms with Crippen LogP contribution in [-0.4, -0.2) is 64.4 Å². The second-order valence-corrected chi connectivity index (χ2v) is 20.7. The minimum Gasteiger partial charge on any atom is -0.871 e. The second-order valence-electron chi connectivity index (χ2n) is 15.2. The Bertz CT molecular complexity index is 4180. The number of carbonyl (C=O) groups excluding carboxylic acids is 1. The van der Waals surface area contributed by atoms with Crippen molar-refractivity contribution in [3.63, 3.8) is 0 Å². The predicted octanol–water partition coefficient (Wildman–Crippen LogP) is -3.33. The Morgan fingerprint density at radius 3 is 1.71 bits per heavy atom. The Morgan fingerprint density at radius 2 is 1.11 bits per heavy atom. The van der Waals surface area contributed by atoms with Crippen molar-refractivity contribution in [2.75, 3.05) is 17.7 Å². The fraction of sp³-hybridized carbons (Fsp3) is 0.0444. The van der Waals surface area contributed by atoms with Crippen LogP contribution in [0.2, 0.25) is 0 Å². The molecule has 76 heavy (non-hydrogen) atoms. The first-order valence-electron chi connectivity index (χ1n) is 20.3. The topological polar surface area (TPSA) is 388 Å². The average Bonchev–Trinajstić information content (AvgIpc) is 3.31. The van der Waals surface area contributed by atoms with E-state index in [0.29, 0.717) is 5.69 Å². The smallest absolute Gasteiger partial charge is 0.871 e. The number of carbonyl (C=O) groups is 1. The molecule has 0 spiro atoms. The molecule has 0 saturated carbocycles. The minimum absolute atomic E-state index is 0. The molecule has 0 bridgehead atoms. The molecule has 0 saturated heterocycles. The first-order valence-corrected chi connectivity index (χ1v) is 26.0. The molecule has 0 aliphatic heterocycles. The first kappa shape index (κ1) is 64.4. The van der Waals surface area contributed by atoms with Gasteiger partial charge in [0.25, 0.3) is 16.0 Å². The molecular weight excluding hydrogens is 1110 g/mol. The molecule has 0 aromatic heterocycles. The standard InChI is InChI=1S/C45H34N8O15S4.4Na/c1-2-68-40-23-39(51-50-38-16-15-37(33-13-10-30(21-35(33)38)70(59,60)61)49-48-28-7-4-8-29(20-28)69(56,57)58)36-22-31(71(62,63)64)11-14-34(36)42(40)52-53-43-41(72(65,66)67)19-25-18-27(9-12-32(25)44(43)54)47-45(55)24-5-3-6-26(46)17-24;;;;/h3-23,54H,2,46H2,1H3,(H,47,55)(H,56,57,58)(H,59,60,61)(H,62,63,64)(H,65,66,67);;;;/q;4*+1/p-4. The van der Waals surface area contributed by atoms with Gasteiger partial charge < -0.3 is 34.6 Å². The third-order valence-corrected chi connectivity index (χ3v) is 13.8. The fourth-order valence-corrected chi connectivity index (χ4v) is 9.35. The van der Waals surface area contributed by atoms with Crippen LogP contribution in [0.3, 0.4) is 0 Å². The number of nitrogens with two attached hydrogens (primary N) is 1. The first-order chi connectivity index (χ1) is 33.9. The van der Waals surface area contributed by atoms with Gasteiger partial charge in [-0.25, -0.2) is 25.3 Å². The van der Waals surface area contributed by atoms with Gasteiger partial charge in [0.05, 0.1) is 49.7 Å². The summed E-state index contributed by atoms with van der Waals surface area (Å²) in [5, 5.41) is 41.1. The molecule has 0 aliphatic carbocycles. The summed E-state index contributed by atoms with van der Waals surface area (Å²) in [7, 11) is -20.3. The van der Waals surface area contributed by atoms with Gasteiger partial charge in [-0.3, -0.25) is 9.35 Å². The van der Waals surface area contributed by atoms with Crippen molar-refractivity contribution in [3.05, 3.63) is 133 Å². The molecule has 31 heteroatoms. The molecule has 8 aromatic rings. The number of ether oxygens (including phenoxy) is 1. The van der Waals surface area contributed by atoms with Crippen molar-refractivity contribution < 1.29 is 185 Å². The van der Waals surface area contributed by atoms with E-state index >= 15 is 0 Å². The number of azo groups is 3. The van der Waals surface area contributed by atoms with E-state index in [1.54, 1.807) is 19.1 Å². The molecule has 1 amide bonds. The van der Waals surface area contributed by atoms with Gasteiger partial charge in [0.15, 0.2) is 0 Å². The van der Waals surface area contributed by atoms with Crippen LogP contribution in [0.5, 0.6) is 11.5 Å². The molecule has 4 N–H and O–H groups in total. The summed E-state index contributed by atoms with van der Waals surface area (Å²) in [4.78, 5) is 9.90. The Hall–Kier alpha value is -4.15. The van der Waals surface area contributed by atoms with E-state index in [9.17, 15) is 61.8 Å². The molecule has 368 valence electrons.